The maximum atomic E-state index is 13.1. The number of halogens is 1. The van der Waals surface area contributed by atoms with Crippen molar-refractivity contribution in [1.82, 2.24) is 19.8 Å². The molecule has 0 saturated carbocycles. The van der Waals surface area contributed by atoms with Crippen LogP contribution in [0.5, 0.6) is 0 Å². The minimum absolute atomic E-state index is 0.169. The van der Waals surface area contributed by atoms with E-state index in [0.29, 0.717) is 11.8 Å². The average Bonchev–Trinajstić information content (AvgIpc) is 3.40. The standard InChI is InChI=1S/C22H28FN5/c23-19-5-3-16(4-6-19)13-28-14-18-11-17-12-25-22(26-21(17)20(18)15-28)24-7-10-27-8-1-2-9-27/h3-6,12,18,20H,1-2,7-11,13-15H2,(H,24,25,26)/t18-,20+/m1/s1. The minimum Gasteiger partial charge on any atom is -0.353 e. The minimum atomic E-state index is -0.169. The SMILES string of the molecule is Fc1ccc(CN2C[C@H]3Cc4cnc(NCCN5CCCC5)nc4[C@H]3C2)cc1. The summed E-state index contributed by atoms with van der Waals surface area (Å²) in [5, 5.41) is 3.42. The van der Waals surface area contributed by atoms with Crippen LogP contribution in [0.1, 0.15) is 35.6 Å². The highest BCUT2D eigenvalue weighted by atomic mass is 19.1. The van der Waals surface area contributed by atoms with Gasteiger partial charge in [0.05, 0.1) is 5.69 Å². The van der Waals surface area contributed by atoms with Gasteiger partial charge < -0.3 is 10.2 Å². The summed E-state index contributed by atoms with van der Waals surface area (Å²) in [4.78, 5) is 14.4. The number of benzene rings is 1. The summed E-state index contributed by atoms with van der Waals surface area (Å²) in [5.41, 5.74) is 3.74. The van der Waals surface area contributed by atoms with Gasteiger partial charge in [-0.15, -0.1) is 0 Å². The predicted octanol–water partition coefficient (Wildman–Crippen LogP) is 2.90. The molecule has 5 rings (SSSR count). The Morgan fingerprint density at radius 1 is 1.07 bits per heavy atom. The van der Waals surface area contributed by atoms with Gasteiger partial charge in [0.15, 0.2) is 0 Å². The van der Waals surface area contributed by atoms with Gasteiger partial charge in [-0.25, -0.2) is 14.4 Å². The third-order valence-electron chi connectivity index (χ3n) is 6.48. The van der Waals surface area contributed by atoms with E-state index in [4.69, 9.17) is 4.98 Å². The van der Waals surface area contributed by atoms with Crippen LogP contribution < -0.4 is 5.32 Å². The van der Waals surface area contributed by atoms with E-state index >= 15 is 0 Å². The second-order valence-electron chi connectivity index (χ2n) is 8.47. The Bertz CT molecular complexity index is 818. The lowest BCUT2D eigenvalue weighted by atomic mass is 9.99. The molecule has 28 heavy (non-hydrogen) atoms. The predicted molar refractivity (Wildman–Crippen MR) is 108 cm³/mol. The van der Waals surface area contributed by atoms with E-state index < -0.39 is 0 Å². The third-order valence-corrected chi connectivity index (χ3v) is 6.48. The van der Waals surface area contributed by atoms with Crippen molar-refractivity contribution in [3.05, 3.63) is 53.1 Å². The molecule has 0 bridgehead atoms. The lowest BCUT2D eigenvalue weighted by Crippen LogP contribution is -2.26. The first-order chi connectivity index (χ1) is 13.7. The molecule has 2 saturated heterocycles. The van der Waals surface area contributed by atoms with E-state index in [9.17, 15) is 4.39 Å². The van der Waals surface area contributed by atoms with Crippen molar-refractivity contribution < 1.29 is 4.39 Å². The molecule has 0 radical (unpaired) electrons. The zero-order valence-electron chi connectivity index (χ0n) is 16.3. The van der Waals surface area contributed by atoms with Gasteiger partial charge in [0, 0.05) is 44.8 Å². The van der Waals surface area contributed by atoms with Crippen LogP contribution in [-0.2, 0) is 13.0 Å². The molecule has 2 aliphatic heterocycles. The summed E-state index contributed by atoms with van der Waals surface area (Å²) in [6.45, 7) is 7.41. The first-order valence-corrected chi connectivity index (χ1v) is 10.5. The van der Waals surface area contributed by atoms with E-state index in [1.807, 2.05) is 18.3 Å². The van der Waals surface area contributed by atoms with Crippen molar-refractivity contribution in [2.24, 2.45) is 5.92 Å². The molecule has 5 nitrogen and oxygen atoms in total. The summed E-state index contributed by atoms with van der Waals surface area (Å²) < 4.78 is 13.1. The summed E-state index contributed by atoms with van der Waals surface area (Å²) in [6.07, 6.45) is 5.76. The van der Waals surface area contributed by atoms with Crippen molar-refractivity contribution in [3.8, 4) is 0 Å². The van der Waals surface area contributed by atoms with Crippen LogP contribution in [0.4, 0.5) is 10.3 Å². The molecule has 1 aromatic heterocycles. The quantitative estimate of drug-likeness (QED) is 0.834. The number of nitrogens with zero attached hydrogens (tertiary/aromatic N) is 4. The van der Waals surface area contributed by atoms with Crippen LogP contribution in [0.3, 0.4) is 0 Å². The third kappa shape index (κ3) is 3.76. The van der Waals surface area contributed by atoms with Gasteiger partial charge in [-0.1, -0.05) is 12.1 Å². The van der Waals surface area contributed by atoms with Crippen molar-refractivity contribution in [1.29, 1.82) is 0 Å². The average molecular weight is 381 g/mol. The zero-order valence-corrected chi connectivity index (χ0v) is 16.3. The molecule has 3 heterocycles. The van der Waals surface area contributed by atoms with Crippen LogP contribution in [0, 0.1) is 11.7 Å². The van der Waals surface area contributed by atoms with Gasteiger partial charge in [-0.3, -0.25) is 4.90 Å². The number of nitrogens with one attached hydrogen (secondary N) is 1. The summed E-state index contributed by atoms with van der Waals surface area (Å²) in [5.74, 6) is 1.73. The van der Waals surface area contributed by atoms with Gasteiger partial charge in [0.1, 0.15) is 5.82 Å². The molecule has 1 N–H and O–H groups in total. The lowest BCUT2D eigenvalue weighted by molar-refractivity contribution is 0.313. The number of hydrogen-bond donors (Lipinski definition) is 1. The normalized spacial score (nSPS) is 24.5. The van der Waals surface area contributed by atoms with Crippen LogP contribution >= 0.6 is 0 Å². The van der Waals surface area contributed by atoms with Gasteiger partial charge in [0.2, 0.25) is 5.95 Å². The Balaban J connectivity index is 1.20. The monoisotopic (exact) mass is 381 g/mol. The fourth-order valence-electron chi connectivity index (χ4n) is 5.05. The van der Waals surface area contributed by atoms with Crippen molar-refractivity contribution >= 4 is 5.95 Å². The molecular weight excluding hydrogens is 353 g/mol. The molecule has 0 amide bonds. The number of rotatable bonds is 6. The highest BCUT2D eigenvalue weighted by molar-refractivity contribution is 5.37. The summed E-state index contributed by atoms with van der Waals surface area (Å²) in [6, 6.07) is 6.88. The lowest BCUT2D eigenvalue weighted by Gasteiger charge is -2.17. The maximum absolute atomic E-state index is 13.1. The number of likely N-dealkylation sites (tertiary alicyclic amines) is 2. The Morgan fingerprint density at radius 2 is 1.89 bits per heavy atom. The zero-order chi connectivity index (χ0) is 18.9. The molecule has 2 aromatic rings. The van der Waals surface area contributed by atoms with Gasteiger partial charge in [0.25, 0.3) is 0 Å². The number of fused-ring (bicyclic) bond motifs is 3. The molecular formula is C22H28FN5. The molecule has 2 atom stereocenters. The highest BCUT2D eigenvalue weighted by Gasteiger charge is 2.41. The summed E-state index contributed by atoms with van der Waals surface area (Å²) >= 11 is 0. The van der Waals surface area contributed by atoms with Crippen molar-refractivity contribution in [2.75, 3.05) is 44.6 Å². The van der Waals surface area contributed by atoms with Crippen LogP contribution in [-0.4, -0.2) is 59.0 Å². The van der Waals surface area contributed by atoms with Gasteiger partial charge in [-0.2, -0.15) is 0 Å². The topological polar surface area (TPSA) is 44.3 Å². The fourth-order valence-corrected chi connectivity index (χ4v) is 5.05. The number of aromatic nitrogens is 2. The molecule has 0 unspecified atom stereocenters. The molecule has 148 valence electrons. The fraction of sp³-hybridized carbons (Fsp3) is 0.545. The number of anilines is 1. The largest absolute Gasteiger partial charge is 0.353 e. The Labute approximate surface area is 166 Å². The second-order valence-corrected chi connectivity index (χ2v) is 8.47. The number of hydrogen-bond acceptors (Lipinski definition) is 5. The molecule has 1 aromatic carbocycles. The van der Waals surface area contributed by atoms with E-state index in [2.05, 4.69) is 20.1 Å². The first kappa shape index (κ1) is 18.0. The smallest absolute Gasteiger partial charge is 0.222 e. The molecule has 6 heteroatoms. The Morgan fingerprint density at radius 3 is 2.71 bits per heavy atom. The molecule has 1 aliphatic carbocycles. The van der Waals surface area contributed by atoms with Crippen LogP contribution in [0.25, 0.3) is 0 Å². The van der Waals surface area contributed by atoms with E-state index in [-0.39, 0.29) is 5.82 Å². The van der Waals surface area contributed by atoms with E-state index in [1.54, 1.807) is 12.1 Å². The first-order valence-electron chi connectivity index (χ1n) is 10.5. The Kier molecular flexibility index (Phi) is 4.99. The van der Waals surface area contributed by atoms with E-state index in [0.717, 1.165) is 45.1 Å². The second kappa shape index (κ2) is 7.76. The maximum Gasteiger partial charge on any atom is 0.222 e. The molecule has 3 aliphatic rings. The van der Waals surface area contributed by atoms with Crippen molar-refractivity contribution in [2.45, 2.75) is 31.7 Å². The molecule has 0 spiro atoms. The van der Waals surface area contributed by atoms with Crippen LogP contribution in [0.2, 0.25) is 0 Å². The highest BCUT2D eigenvalue weighted by Crippen LogP contribution is 2.42. The molecule has 2 fully saturated rings. The van der Waals surface area contributed by atoms with Crippen LogP contribution in [0.15, 0.2) is 30.5 Å². The van der Waals surface area contributed by atoms with Crippen molar-refractivity contribution in [3.63, 3.8) is 0 Å². The summed E-state index contributed by atoms with van der Waals surface area (Å²) in [7, 11) is 0. The van der Waals surface area contributed by atoms with Gasteiger partial charge in [-0.05, 0) is 61.5 Å². The Hall–Kier alpha value is -2.05. The van der Waals surface area contributed by atoms with E-state index in [1.165, 1.54) is 42.8 Å². The van der Waals surface area contributed by atoms with Gasteiger partial charge >= 0.3 is 0 Å².